The molecule has 3 heterocycles. The zero-order chi connectivity index (χ0) is 20.4. The third kappa shape index (κ3) is 3.94. The molecule has 1 aliphatic heterocycles. The van der Waals surface area contributed by atoms with Crippen molar-refractivity contribution in [1.82, 2.24) is 19.2 Å². The van der Waals surface area contributed by atoms with Gasteiger partial charge in [0.1, 0.15) is 12.1 Å². The molecule has 1 aliphatic rings. The number of nitrogens with one attached hydrogen (secondary N) is 1. The highest BCUT2D eigenvalue weighted by molar-refractivity contribution is 5.82. The van der Waals surface area contributed by atoms with Crippen molar-refractivity contribution in [3.05, 3.63) is 52.9 Å². The van der Waals surface area contributed by atoms with Gasteiger partial charge < -0.3 is 9.72 Å². The third-order valence-corrected chi connectivity index (χ3v) is 6.24. The molecule has 2 atom stereocenters. The summed E-state index contributed by atoms with van der Waals surface area (Å²) in [5.41, 5.74) is 2.14. The molecule has 1 amide bonds. The summed E-state index contributed by atoms with van der Waals surface area (Å²) in [5, 5.41) is 3.00. The number of carbonyl (C=O) groups excluding carboxylic acids is 1. The van der Waals surface area contributed by atoms with Crippen LogP contribution in [0.15, 0.2) is 47.4 Å². The fraction of sp³-hybridized carbons (Fsp3) is 0.478. The number of amides is 1. The van der Waals surface area contributed by atoms with E-state index in [0.717, 1.165) is 24.0 Å². The first-order chi connectivity index (χ1) is 14.1. The van der Waals surface area contributed by atoms with Crippen LogP contribution in [-0.4, -0.2) is 44.9 Å². The Morgan fingerprint density at radius 1 is 1.03 bits per heavy atom. The maximum absolute atomic E-state index is 12.9. The maximum Gasteiger partial charge on any atom is 0.275 e. The van der Waals surface area contributed by atoms with E-state index in [1.54, 1.807) is 10.6 Å². The van der Waals surface area contributed by atoms with E-state index in [1.165, 1.54) is 19.3 Å². The third-order valence-electron chi connectivity index (χ3n) is 6.24. The average molecular weight is 395 g/mol. The number of hydrogen-bond donors (Lipinski definition) is 1. The van der Waals surface area contributed by atoms with E-state index in [2.05, 4.69) is 24.1 Å². The van der Waals surface area contributed by atoms with Gasteiger partial charge in [-0.3, -0.25) is 19.1 Å². The minimum absolute atomic E-state index is 0.0392. The van der Waals surface area contributed by atoms with E-state index in [4.69, 9.17) is 0 Å². The molecule has 0 saturated carbocycles. The minimum atomic E-state index is -0.139. The lowest BCUT2D eigenvalue weighted by Gasteiger charge is -2.39. The number of likely N-dealkylation sites (tertiary alicyclic amines) is 1. The standard InChI is InChI=1S/C23H30N4O2/c1-17-8-5-9-18(2)25(17)15-7-13-24-22(28)16-27-20-11-4-3-10-19(20)26-14-6-12-21(26)23(27)29/h3-4,6,10-12,14,17-18H,5,7-9,13,15-16H2,1-2H3,(H,24,28)/t17-,18-/m0/s1. The number of carbonyl (C=O) groups is 1. The summed E-state index contributed by atoms with van der Waals surface area (Å²) < 4.78 is 3.46. The monoisotopic (exact) mass is 394 g/mol. The molecule has 1 aromatic carbocycles. The normalized spacial score (nSPS) is 20.3. The summed E-state index contributed by atoms with van der Waals surface area (Å²) in [6, 6.07) is 12.6. The average Bonchev–Trinajstić information content (AvgIpc) is 3.20. The van der Waals surface area contributed by atoms with Gasteiger partial charge in [0.15, 0.2) is 0 Å². The van der Waals surface area contributed by atoms with Gasteiger partial charge in [-0.15, -0.1) is 0 Å². The predicted molar refractivity (Wildman–Crippen MR) is 116 cm³/mol. The van der Waals surface area contributed by atoms with Crippen LogP contribution in [0.1, 0.15) is 39.5 Å². The number of rotatable bonds is 6. The summed E-state index contributed by atoms with van der Waals surface area (Å²) in [4.78, 5) is 28.0. The molecular weight excluding hydrogens is 364 g/mol. The van der Waals surface area contributed by atoms with Gasteiger partial charge in [0.25, 0.3) is 5.56 Å². The molecule has 0 bridgehead atoms. The summed E-state index contributed by atoms with van der Waals surface area (Å²) in [7, 11) is 0. The van der Waals surface area contributed by atoms with Gasteiger partial charge in [0, 0.05) is 31.4 Å². The van der Waals surface area contributed by atoms with E-state index in [0.29, 0.717) is 24.1 Å². The van der Waals surface area contributed by atoms with Gasteiger partial charge in [0.05, 0.1) is 11.0 Å². The van der Waals surface area contributed by atoms with Gasteiger partial charge in [-0.25, -0.2) is 0 Å². The van der Waals surface area contributed by atoms with Gasteiger partial charge in [0.2, 0.25) is 5.91 Å². The Kier molecular flexibility index (Phi) is 5.72. The zero-order valence-electron chi connectivity index (χ0n) is 17.3. The topological polar surface area (TPSA) is 58.8 Å². The van der Waals surface area contributed by atoms with E-state index in [1.807, 2.05) is 40.9 Å². The van der Waals surface area contributed by atoms with Gasteiger partial charge in [-0.2, -0.15) is 0 Å². The fourth-order valence-electron chi connectivity index (χ4n) is 4.67. The molecule has 0 aliphatic carbocycles. The van der Waals surface area contributed by atoms with Crippen LogP contribution in [0.5, 0.6) is 0 Å². The molecule has 0 unspecified atom stereocenters. The van der Waals surface area contributed by atoms with E-state index in [-0.39, 0.29) is 18.0 Å². The van der Waals surface area contributed by atoms with Gasteiger partial charge >= 0.3 is 0 Å². The second-order valence-corrected chi connectivity index (χ2v) is 8.21. The Hall–Kier alpha value is -2.60. The second kappa shape index (κ2) is 8.41. The molecular formula is C23H30N4O2. The molecule has 154 valence electrons. The molecule has 1 N–H and O–H groups in total. The van der Waals surface area contributed by atoms with Crippen molar-refractivity contribution < 1.29 is 4.79 Å². The minimum Gasteiger partial charge on any atom is -0.355 e. The number of nitrogens with zero attached hydrogens (tertiary/aromatic N) is 3. The Labute approximate surface area is 171 Å². The van der Waals surface area contributed by atoms with Crippen molar-refractivity contribution in [3.8, 4) is 0 Å². The van der Waals surface area contributed by atoms with Crippen molar-refractivity contribution in [1.29, 1.82) is 0 Å². The number of piperidine rings is 1. The Morgan fingerprint density at radius 3 is 2.48 bits per heavy atom. The summed E-state index contributed by atoms with van der Waals surface area (Å²) in [5.74, 6) is -0.118. The van der Waals surface area contributed by atoms with Crippen LogP contribution in [0, 0.1) is 0 Å². The highest BCUT2D eigenvalue weighted by Crippen LogP contribution is 2.22. The molecule has 1 saturated heterocycles. The smallest absolute Gasteiger partial charge is 0.275 e. The highest BCUT2D eigenvalue weighted by atomic mass is 16.2. The lowest BCUT2D eigenvalue weighted by molar-refractivity contribution is -0.121. The number of aromatic nitrogens is 2. The van der Waals surface area contributed by atoms with Crippen LogP contribution >= 0.6 is 0 Å². The Balaban J connectivity index is 1.41. The SMILES string of the molecule is C[C@H]1CCC[C@H](C)N1CCCNC(=O)Cn1c(=O)c2cccn2c2ccccc21. The predicted octanol–water partition coefficient (Wildman–Crippen LogP) is 3.02. The quantitative estimate of drug-likeness (QED) is 0.654. The second-order valence-electron chi connectivity index (χ2n) is 8.21. The van der Waals surface area contributed by atoms with E-state index in [9.17, 15) is 9.59 Å². The highest BCUT2D eigenvalue weighted by Gasteiger charge is 2.23. The summed E-state index contributed by atoms with van der Waals surface area (Å²) in [6.07, 6.45) is 6.63. The van der Waals surface area contributed by atoms with Crippen LogP contribution in [-0.2, 0) is 11.3 Å². The van der Waals surface area contributed by atoms with Crippen LogP contribution in [0.3, 0.4) is 0 Å². The number of benzene rings is 1. The van der Waals surface area contributed by atoms with E-state index < -0.39 is 0 Å². The van der Waals surface area contributed by atoms with Crippen LogP contribution < -0.4 is 10.9 Å². The van der Waals surface area contributed by atoms with E-state index >= 15 is 0 Å². The van der Waals surface area contributed by atoms with Gasteiger partial charge in [-0.1, -0.05) is 18.6 Å². The zero-order valence-corrected chi connectivity index (χ0v) is 17.3. The largest absolute Gasteiger partial charge is 0.355 e. The van der Waals surface area contributed by atoms with Crippen LogP contribution in [0.4, 0.5) is 0 Å². The molecule has 1 fully saturated rings. The lowest BCUT2D eigenvalue weighted by Crippen LogP contribution is -2.45. The molecule has 0 radical (unpaired) electrons. The number of para-hydroxylation sites is 2. The molecule has 4 rings (SSSR count). The fourth-order valence-corrected chi connectivity index (χ4v) is 4.67. The number of hydrogen-bond acceptors (Lipinski definition) is 3. The summed E-state index contributed by atoms with van der Waals surface area (Å²) in [6.45, 7) is 6.26. The molecule has 29 heavy (non-hydrogen) atoms. The maximum atomic E-state index is 12.9. The van der Waals surface area contributed by atoms with Crippen molar-refractivity contribution >= 4 is 22.5 Å². The first-order valence-electron chi connectivity index (χ1n) is 10.7. The molecule has 0 spiro atoms. The Morgan fingerprint density at radius 2 is 1.72 bits per heavy atom. The van der Waals surface area contributed by atoms with Crippen LogP contribution in [0.2, 0.25) is 0 Å². The van der Waals surface area contributed by atoms with Crippen molar-refractivity contribution in [3.63, 3.8) is 0 Å². The number of fused-ring (bicyclic) bond motifs is 3. The summed E-state index contributed by atoms with van der Waals surface area (Å²) >= 11 is 0. The first-order valence-corrected chi connectivity index (χ1v) is 10.7. The van der Waals surface area contributed by atoms with Crippen molar-refractivity contribution in [2.45, 2.75) is 58.2 Å². The van der Waals surface area contributed by atoms with Crippen LogP contribution in [0.25, 0.3) is 16.6 Å². The van der Waals surface area contributed by atoms with Crippen molar-refractivity contribution in [2.24, 2.45) is 0 Å². The first kappa shape index (κ1) is 19.7. The Bertz CT molecular complexity index is 1060. The van der Waals surface area contributed by atoms with Crippen molar-refractivity contribution in [2.75, 3.05) is 13.1 Å². The molecule has 6 heteroatoms. The molecule has 6 nitrogen and oxygen atoms in total. The molecule has 3 aromatic rings. The molecule has 2 aromatic heterocycles. The van der Waals surface area contributed by atoms with Gasteiger partial charge in [-0.05, 0) is 57.4 Å². The lowest BCUT2D eigenvalue weighted by atomic mass is 9.97.